The van der Waals surface area contributed by atoms with Gasteiger partial charge in [0.25, 0.3) is 0 Å². The Morgan fingerprint density at radius 1 is 1.31 bits per heavy atom. The molecule has 0 aliphatic rings. The van der Waals surface area contributed by atoms with Crippen LogP contribution in [-0.2, 0) is 6.42 Å². The molecule has 6 heteroatoms. The molecule has 0 fully saturated rings. The highest BCUT2D eigenvalue weighted by molar-refractivity contribution is 6.35. The van der Waals surface area contributed by atoms with Crippen molar-refractivity contribution in [2.24, 2.45) is 5.73 Å². The molecule has 2 aromatic rings. The Morgan fingerprint density at radius 3 is 2.88 bits per heavy atom. The molecule has 0 amide bonds. The number of nitrogens with two attached hydrogens (primary N) is 1. The predicted molar refractivity (Wildman–Crippen MR) is 64.6 cm³/mol. The first-order valence-corrected chi connectivity index (χ1v) is 5.53. The fourth-order valence-corrected chi connectivity index (χ4v) is 1.71. The Hall–Kier alpha value is -1.10. The molecule has 0 radical (unpaired) electrons. The summed E-state index contributed by atoms with van der Waals surface area (Å²) >= 11 is 11.9. The summed E-state index contributed by atoms with van der Waals surface area (Å²) in [6.45, 7) is 0.526. The largest absolute Gasteiger partial charge is 0.330 e. The van der Waals surface area contributed by atoms with E-state index in [0.717, 1.165) is 5.82 Å². The van der Waals surface area contributed by atoms with Gasteiger partial charge >= 0.3 is 0 Å². The van der Waals surface area contributed by atoms with Crippen molar-refractivity contribution in [1.29, 1.82) is 0 Å². The molecule has 16 heavy (non-hydrogen) atoms. The van der Waals surface area contributed by atoms with E-state index in [9.17, 15) is 0 Å². The molecule has 2 rings (SSSR count). The van der Waals surface area contributed by atoms with Gasteiger partial charge in [0.2, 0.25) is 0 Å². The molecule has 4 nitrogen and oxygen atoms in total. The van der Waals surface area contributed by atoms with Crippen molar-refractivity contribution < 1.29 is 0 Å². The molecule has 0 bridgehead atoms. The van der Waals surface area contributed by atoms with Gasteiger partial charge in [0, 0.05) is 17.0 Å². The van der Waals surface area contributed by atoms with Crippen molar-refractivity contribution >= 4 is 23.2 Å². The lowest BCUT2D eigenvalue weighted by molar-refractivity contribution is 0.874. The average Bonchev–Trinajstić information content (AvgIpc) is 2.71. The Balaban J connectivity index is 2.38. The van der Waals surface area contributed by atoms with Crippen LogP contribution in [0.3, 0.4) is 0 Å². The number of nitrogens with one attached hydrogen (secondary N) is 1. The van der Waals surface area contributed by atoms with E-state index in [1.165, 1.54) is 0 Å². The molecular formula is C10H10Cl2N4. The molecule has 0 spiro atoms. The lowest BCUT2D eigenvalue weighted by atomic mass is 10.2. The second-order valence-electron chi connectivity index (χ2n) is 3.27. The SMILES string of the molecule is NCCc1nc(-c2cc(Cl)ccc2Cl)n[nH]1. The van der Waals surface area contributed by atoms with Crippen LogP contribution < -0.4 is 5.73 Å². The van der Waals surface area contributed by atoms with Crippen molar-refractivity contribution in [1.82, 2.24) is 15.2 Å². The molecule has 0 unspecified atom stereocenters. The zero-order valence-electron chi connectivity index (χ0n) is 8.37. The number of halogens is 2. The van der Waals surface area contributed by atoms with Crippen molar-refractivity contribution in [3.05, 3.63) is 34.1 Å². The number of benzene rings is 1. The summed E-state index contributed by atoms with van der Waals surface area (Å²) in [6.07, 6.45) is 0.658. The van der Waals surface area contributed by atoms with E-state index in [2.05, 4.69) is 15.2 Å². The summed E-state index contributed by atoms with van der Waals surface area (Å²) in [6, 6.07) is 5.18. The van der Waals surface area contributed by atoms with Crippen LogP contribution in [0.25, 0.3) is 11.4 Å². The minimum atomic E-state index is 0.526. The smallest absolute Gasteiger partial charge is 0.182 e. The minimum absolute atomic E-state index is 0.526. The molecule has 0 aliphatic heterocycles. The monoisotopic (exact) mass is 256 g/mol. The maximum absolute atomic E-state index is 6.04. The van der Waals surface area contributed by atoms with Crippen LogP contribution in [-0.4, -0.2) is 21.7 Å². The summed E-state index contributed by atoms with van der Waals surface area (Å²) < 4.78 is 0. The van der Waals surface area contributed by atoms with E-state index in [1.807, 2.05) is 0 Å². The van der Waals surface area contributed by atoms with E-state index in [1.54, 1.807) is 18.2 Å². The number of aromatic amines is 1. The third kappa shape index (κ3) is 2.35. The number of hydrogen-bond acceptors (Lipinski definition) is 3. The average molecular weight is 257 g/mol. The lowest BCUT2D eigenvalue weighted by Gasteiger charge is -1.99. The third-order valence-corrected chi connectivity index (χ3v) is 2.65. The molecule has 0 saturated heterocycles. The summed E-state index contributed by atoms with van der Waals surface area (Å²) in [5.41, 5.74) is 6.14. The van der Waals surface area contributed by atoms with Crippen molar-refractivity contribution in [3.63, 3.8) is 0 Å². The Kier molecular flexibility index (Phi) is 3.43. The van der Waals surface area contributed by atoms with Crippen LogP contribution in [0.1, 0.15) is 5.82 Å². The summed E-state index contributed by atoms with van der Waals surface area (Å²) in [5.74, 6) is 1.28. The maximum atomic E-state index is 6.04. The molecule has 0 atom stereocenters. The highest BCUT2D eigenvalue weighted by Crippen LogP contribution is 2.27. The fraction of sp³-hybridized carbons (Fsp3) is 0.200. The van der Waals surface area contributed by atoms with E-state index >= 15 is 0 Å². The molecule has 0 aliphatic carbocycles. The lowest BCUT2D eigenvalue weighted by Crippen LogP contribution is -2.03. The van der Waals surface area contributed by atoms with Crippen LogP contribution in [0.4, 0.5) is 0 Å². The first-order chi connectivity index (χ1) is 7.70. The number of H-pyrrole nitrogens is 1. The molecule has 3 N–H and O–H groups in total. The highest BCUT2D eigenvalue weighted by Gasteiger charge is 2.09. The Labute approximate surface area is 103 Å². The Bertz CT molecular complexity index is 495. The third-order valence-electron chi connectivity index (χ3n) is 2.08. The van der Waals surface area contributed by atoms with Crippen LogP contribution >= 0.6 is 23.2 Å². The topological polar surface area (TPSA) is 67.6 Å². The van der Waals surface area contributed by atoms with Gasteiger partial charge in [-0.25, -0.2) is 4.98 Å². The van der Waals surface area contributed by atoms with Gasteiger partial charge in [-0.15, -0.1) is 0 Å². The van der Waals surface area contributed by atoms with Crippen LogP contribution in [0, 0.1) is 0 Å². The van der Waals surface area contributed by atoms with Gasteiger partial charge in [0.1, 0.15) is 5.82 Å². The van der Waals surface area contributed by atoms with Crippen molar-refractivity contribution in [3.8, 4) is 11.4 Å². The highest BCUT2D eigenvalue weighted by atomic mass is 35.5. The molecule has 1 heterocycles. The number of hydrogen-bond donors (Lipinski definition) is 2. The zero-order chi connectivity index (χ0) is 11.5. The molecule has 1 aromatic heterocycles. The standard InChI is InChI=1S/C10H10Cl2N4/c11-6-1-2-8(12)7(5-6)10-14-9(3-4-13)15-16-10/h1-2,5H,3-4,13H2,(H,14,15,16). The van der Waals surface area contributed by atoms with Crippen LogP contribution in [0.2, 0.25) is 10.0 Å². The zero-order valence-corrected chi connectivity index (χ0v) is 9.89. The first kappa shape index (κ1) is 11.4. The van der Waals surface area contributed by atoms with Gasteiger partial charge in [-0.3, -0.25) is 5.10 Å². The maximum Gasteiger partial charge on any atom is 0.182 e. The number of rotatable bonds is 3. The van der Waals surface area contributed by atoms with E-state index < -0.39 is 0 Å². The molecular weight excluding hydrogens is 247 g/mol. The van der Waals surface area contributed by atoms with E-state index in [-0.39, 0.29) is 0 Å². The van der Waals surface area contributed by atoms with Gasteiger partial charge in [0.15, 0.2) is 5.82 Å². The summed E-state index contributed by atoms with van der Waals surface area (Å²) in [5, 5.41) is 8.05. The van der Waals surface area contributed by atoms with E-state index in [0.29, 0.717) is 34.4 Å². The van der Waals surface area contributed by atoms with Crippen LogP contribution in [0.5, 0.6) is 0 Å². The number of aromatic nitrogens is 3. The first-order valence-electron chi connectivity index (χ1n) is 4.77. The predicted octanol–water partition coefficient (Wildman–Crippen LogP) is 2.28. The minimum Gasteiger partial charge on any atom is -0.330 e. The van der Waals surface area contributed by atoms with Crippen LogP contribution in [0.15, 0.2) is 18.2 Å². The molecule has 1 aromatic carbocycles. The molecule has 84 valence electrons. The normalized spacial score (nSPS) is 10.7. The number of nitrogens with zero attached hydrogens (tertiary/aromatic N) is 2. The second-order valence-corrected chi connectivity index (χ2v) is 4.11. The van der Waals surface area contributed by atoms with Gasteiger partial charge in [0.05, 0.1) is 5.02 Å². The van der Waals surface area contributed by atoms with Gasteiger partial charge < -0.3 is 5.73 Å². The van der Waals surface area contributed by atoms with Gasteiger partial charge in [-0.05, 0) is 24.7 Å². The summed E-state index contributed by atoms with van der Waals surface area (Å²) in [7, 11) is 0. The second kappa shape index (κ2) is 4.82. The van der Waals surface area contributed by atoms with Crippen molar-refractivity contribution in [2.45, 2.75) is 6.42 Å². The molecule has 0 saturated carbocycles. The van der Waals surface area contributed by atoms with E-state index in [4.69, 9.17) is 28.9 Å². The van der Waals surface area contributed by atoms with Crippen molar-refractivity contribution in [2.75, 3.05) is 6.54 Å². The van der Waals surface area contributed by atoms with Gasteiger partial charge in [-0.2, -0.15) is 5.10 Å². The quantitative estimate of drug-likeness (QED) is 0.886. The van der Waals surface area contributed by atoms with Gasteiger partial charge in [-0.1, -0.05) is 23.2 Å². The summed E-state index contributed by atoms with van der Waals surface area (Å²) in [4.78, 5) is 4.28. The fourth-order valence-electron chi connectivity index (χ4n) is 1.33. The Morgan fingerprint density at radius 2 is 2.12 bits per heavy atom.